The number of anilines is 1. The zero-order chi connectivity index (χ0) is 20.2. The van der Waals surface area contributed by atoms with E-state index in [0.29, 0.717) is 11.4 Å². The summed E-state index contributed by atoms with van der Waals surface area (Å²) >= 11 is 0. The zero-order valence-corrected chi connectivity index (χ0v) is 15.6. The average molecular weight is 377 g/mol. The minimum absolute atomic E-state index is 0.369. The van der Waals surface area contributed by atoms with Crippen molar-refractivity contribution in [1.29, 1.82) is 0 Å². The first-order valence-electron chi connectivity index (χ1n) is 8.44. The SMILES string of the molecule is CC(OC(=O)CC1Oc2ccccc2NC1=O)C(=O)NC(=O)NC(C)(C)C. The van der Waals surface area contributed by atoms with E-state index >= 15 is 0 Å². The van der Waals surface area contributed by atoms with Gasteiger partial charge in [-0.3, -0.25) is 19.7 Å². The van der Waals surface area contributed by atoms with Gasteiger partial charge in [0.1, 0.15) is 5.75 Å². The highest BCUT2D eigenvalue weighted by Gasteiger charge is 2.31. The molecule has 9 nitrogen and oxygen atoms in total. The van der Waals surface area contributed by atoms with Gasteiger partial charge >= 0.3 is 12.0 Å². The number of fused-ring (bicyclic) bond motifs is 1. The van der Waals surface area contributed by atoms with Crippen molar-refractivity contribution in [3.05, 3.63) is 24.3 Å². The summed E-state index contributed by atoms with van der Waals surface area (Å²) in [6, 6.07) is 6.13. The molecule has 0 saturated heterocycles. The molecule has 0 saturated carbocycles. The van der Waals surface area contributed by atoms with Crippen LogP contribution in [0.5, 0.6) is 5.75 Å². The van der Waals surface area contributed by atoms with Gasteiger partial charge in [0.25, 0.3) is 11.8 Å². The van der Waals surface area contributed by atoms with Crippen molar-refractivity contribution < 1.29 is 28.7 Å². The molecular formula is C18H23N3O6. The van der Waals surface area contributed by atoms with E-state index in [4.69, 9.17) is 9.47 Å². The lowest BCUT2D eigenvalue weighted by Crippen LogP contribution is -2.50. The lowest BCUT2D eigenvalue weighted by molar-refractivity contribution is -0.157. The maximum atomic E-state index is 12.0. The number of benzene rings is 1. The van der Waals surface area contributed by atoms with Crippen LogP contribution in [0.2, 0.25) is 0 Å². The van der Waals surface area contributed by atoms with E-state index in [1.54, 1.807) is 45.0 Å². The molecule has 1 aliphatic heterocycles. The molecule has 1 aromatic rings. The molecule has 4 amide bonds. The van der Waals surface area contributed by atoms with Gasteiger partial charge in [-0.25, -0.2) is 4.79 Å². The Morgan fingerprint density at radius 2 is 1.93 bits per heavy atom. The molecule has 27 heavy (non-hydrogen) atoms. The Kier molecular flexibility index (Phi) is 6.04. The quantitative estimate of drug-likeness (QED) is 0.681. The number of carbonyl (C=O) groups is 4. The molecule has 2 atom stereocenters. The maximum absolute atomic E-state index is 12.0. The minimum atomic E-state index is -1.21. The number of esters is 1. The Labute approximate surface area is 156 Å². The van der Waals surface area contributed by atoms with Gasteiger partial charge in [0.15, 0.2) is 12.2 Å². The minimum Gasteiger partial charge on any atom is -0.478 e. The molecule has 9 heteroatoms. The molecule has 1 aromatic carbocycles. The number of hydrogen-bond donors (Lipinski definition) is 3. The molecule has 0 fully saturated rings. The van der Waals surface area contributed by atoms with Crippen molar-refractivity contribution in [3.63, 3.8) is 0 Å². The van der Waals surface area contributed by atoms with Crippen LogP contribution < -0.4 is 20.7 Å². The highest BCUT2D eigenvalue weighted by atomic mass is 16.6. The number of carbonyl (C=O) groups excluding carboxylic acids is 4. The van der Waals surface area contributed by atoms with E-state index < -0.39 is 41.6 Å². The Hall–Kier alpha value is -3.10. The van der Waals surface area contributed by atoms with E-state index in [2.05, 4.69) is 16.0 Å². The molecule has 2 rings (SSSR count). The van der Waals surface area contributed by atoms with Gasteiger partial charge in [0, 0.05) is 5.54 Å². The molecule has 0 bridgehead atoms. The van der Waals surface area contributed by atoms with Gasteiger partial charge in [0.05, 0.1) is 12.1 Å². The predicted octanol–water partition coefficient (Wildman–Crippen LogP) is 1.33. The molecule has 146 valence electrons. The van der Waals surface area contributed by atoms with Gasteiger partial charge in [0.2, 0.25) is 0 Å². The molecule has 0 aliphatic carbocycles. The summed E-state index contributed by atoms with van der Waals surface area (Å²) < 4.78 is 10.5. The first kappa shape index (κ1) is 20.2. The standard InChI is InChI=1S/C18H23N3O6/c1-10(15(23)20-17(25)21-18(2,3)4)26-14(22)9-13-16(24)19-11-7-5-6-8-12(11)27-13/h5-8,10,13H,9H2,1-4H3,(H,19,24)(H2,20,21,23,25). The van der Waals surface area contributed by atoms with Gasteiger partial charge in [-0.05, 0) is 39.8 Å². The second kappa shape index (κ2) is 8.07. The largest absolute Gasteiger partial charge is 0.478 e. The van der Waals surface area contributed by atoms with Crippen LogP contribution in [0.25, 0.3) is 0 Å². The summed E-state index contributed by atoms with van der Waals surface area (Å²) in [4.78, 5) is 47.7. The monoisotopic (exact) mass is 377 g/mol. The number of nitrogens with one attached hydrogen (secondary N) is 3. The molecule has 1 heterocycles. The summed E-state index contributed by atoms with van der Waals surface area (Å²) in [7, 11) is 0. The summed E-state index contributed by atoms with van der Waals surface area (Å²) in [5.41, 5.74) is -0.00331. The maximum Gasteiger partial charge on any atom is 0.321 e. The topological polar surface area (TPSA) is 123 Å². The fourth-order valence-corrected chi connectivity index (χ4v) is 2.26. The van der Waals surface area contributed by atoms with E-state index in [1.165, 1.54) is 6.92 Å². The Morgan fingerprint density at radius 1 is 1.26 bits per heavy atom. The fraction of sp³-hybridized carbons (Fsp3) is 0.444. The number of amides is 4. The molecule has 2 unspecified atom stereocenters. The summed E-state index contributed by atoms with van der Waals surface area (Å²) in [5.74, 6) is -1.61. The molecular weight excluding hydrogens is 354 g/mol. The van der Waals surface area contributed by atoms with Crippen molar-refractivity contribution in [2.24, 2.45) is 0 Å². The van der Waals surface area contributed by atoms with Crippen molar-refractivity contribution in [2.75, 3.05) is 5.32 Å². The lowest BCUT2D eigenvalue weighted by Gasteiger charge is -2.25. The van der Waals surface area contributed by atoms with Gasteiger partial charge in [-0.2, -0.15) is 0 Å². The normalized spacial score (nSPS) is 16.9. The molecule has 0 spiro atoms. The predicted molar refractivity (Wildman–Crippen MR) is 96.1 cm³/mol. The number of ether oxygens (including phenoxy) is 2. The Morgan fingerprint density at radius 3 is 2.59 bits per heavy atom. The van der Waals surface area contributed by atoms with E-state index in [1.807, 2.05) is 0 Å². The number of imide groups is 1. The summed E-state index contributed by atoms with van der Waals surface area (Å²) in [6.07, 6.45) is -2.64. The third kappa shape index (κ3) is 5.98. The van der Waals surface area contributed by atoms with Crippen molar-refractivity contribution in [2.45, 2.75) is 51.9 Å². The number of hydrogen-bond acceptors (Lipinski definition) is 6. The van der Waals surface area contributed by atoms with Crippen LogP contribution in [0.3, 0.4) is 0 Å². The molecule has 1 aliphatic rings. The van der Waals surface area contributed by atoms with Crippen LogP contribution in [-0.4, -0.2) is 41.6 Å². The number of para-hydroxylation sites is 2. The summed E-state index contributed by atoms with van der Waals surface area (Å²) in [6.45, 7) is 6.60. The Balaban J connectivity index is 1.85. The number of rotatable bonds is 4. The van der Waals surface area contributed by atoms with Crippen molar-refractivity contribution >= 4 is 29.5 Å². The van der Waals surface area contributed by atoms with Gasteiger partial charge in [-0.15, -0.1) is 0 Å². The van der Waals surface area contributed by atoms with Crippen LogP contribution in [0.1, 0.15) is 34.1 Å². The highest BCUT2D eigenvalue weighted by Crippen LogP contribution is 2.29. The van der Waals surface area contributed by atoms with Crippen LogP contribution in [0, 0.1) is 0 Å². The Bertz CT molecular complexity index is 756. The number of urea groups is 1. The highest BCUT2D eigenvalue weighted by molar-refractivity contribution is 6.00. The van der Waals surface area contributed by atoms with Gasteiger partial charge in [-0.1, -0.05) is 12.1 Å². The molecule has 3 N–H and O–H groups in total. The third-order valence-corrected chi connectivity index (χ3v) is 3.46. The third-order valence-electron chi connectivity index (χ3n) is 3.46. The zero-order valence-electron chi connectivity index (χ0n) is 15.6. The lowest BCUT2D eigenvalue weighted by atomic mass is 10.1. The van der Waals surface area contributed by atoms with Crippen LogP contribution in [0.4, 0.5) is 10.5 Å². The van der Waals surface area contributed by atoms with Crippen LogP contribution in [0.15, 0.2) is 24.3 Å². The second-order valence-corrected chi connectivity index (χ2v) is 7.12. The van der Waals surface area contributed by atoms with Crippen LogP contribution >= 0.6 is 0 Å². The van der Waals surface area contributed by atoms with Crippen molar-refractivity contribution in [3.8, 4) is 5.75 Å². The van der Waals surface area contributed by atoms with Crippen LogP contribution in [-0.2, 0) is 19.1 Å². The first-order valence-corrected chi connectivity index (χ1v) is 8.44. The van der Waals surface area contributed by atoms with Gasteiger partial charge < -0.3 is 20.1 Å². The van der Waals surface area contributed by atoms with E-state index in [-0.39, 0.29) is 6.42 Å². The average Bonchev–Trinajstić information content (AvgIpc) is 2.53. The fourth-order valence-electron chi connectivity index (χ4n) is 2.26. The van der Waals surface area contributed by atoms with Crippen molar-refractivity contribution in [1.82, 2.24) is 10.6 Å². The second-order valence-electron chi connectivity index (χ2n) is 7.12. The van der Waals surface area contributed by atoms with E-state index in [0.717, 1.165) is 0 Å². The summed E-state index contributed by atoms with van der Waals surface area (Å²) in [5, 5.41) is 7.28. The van der Waals surface area contributed by atoms with E-state index in [9.17, 15) is 19.2 Å². The molecule has 0 aromatic heterocycles. The molecule has 0 radical (unpaired) electrons. The first-order chi connectivity index (χ1) is 12.5. The smallest absolute Gasteiger partial charge is 0.321 e.